The Bertz CT molecular complexity index is 690. The highest BCUT2D eigenvalue weighted by Gasteiger charge is 2.47. The van der Waals surface area contributed by atoms with E-state index in [1.807, 2.05) is 31.2 Å². The smallest absolute Gasteiger partial charge is 0.240 e. The first-order chi connectivity index (χ1) is 11.5. The first-order valence-electron chi connectivity index (χ1n) is 8.02. The lowest BCUT2D eigenvalue weighted by Crippen LogP contribution is -2.41. The van der Waals surface area contributed by atoms with Gasteiger partial charge in [-0.1, -0.05) is 35.9 Å². The predicted molar refractivity (Wildman–Crippen MR) is 90.1 cm³/mol. The van der Waals surface area contributed by atoms with Crippen LogP contribution in [0.4, 0.5) is 0 Å². The van der Waals surface area contributed by atoms with Gasteiger partial charge in [-0.2, -0.15) is 0 Å². The third kappa shape index (κ3) is 3.22. The standard InChI is InChI=1S/C18H19ClN2O3/c1-11(12-5-4-6-13(19)9-12)20-16(22)10-21-17(23)14-7-2-3-8-15(14)18(21)24/h2-6,9,11,14-15H,7-8,10H2,1H3,(H,20,22)/t11-,14-,15+/m0/s1. The number of nitrogens with one attached hydrogen (secondary N) is 1. The van der Waals surface area contributed by atoms with E-state index in [0.717, 1.165) is 10.5 Å². The lowest BCUT2D eigenvalue weighted by Gasteiger charge is -2.18. The van der Waals surface area contributed by atoms with Crippen LogP contribution in [0.2, 0.25) is 5.02 Å². The Morgan fingerprint density at radius 2 is 1.88 bits per heavy atom. The van der Waals surface area contributed by atoms with Crippen LogP contribution in [-0.2, 0) is 14.4 Å². The molecule has 0 unspecified atom stereocenters. The van der Waals surface area contributed by atoms with Crippen molar-refractivity contribution in [2.24, 2.45) is 11.8 Å². The highest BCUT2D eigenvalue weighted by atomic mass is 35.5. The zero-order valence-electron chi connectivity index (χ0n) is 13.4. The molecule has 1 aromatic carbocycles. The summed E-state index contributed by atoms with van der Waals surface area (Å²) in [7, 11) is 0. The topological polar surface area (TPSA) is 66.5 Å². The van der Waals surface area contributed by atoms with Crippen molar-refractivity contribution in [3.05, 3.63) is 47.0 Å². The fraction of sp³-hybridized carbons (Fsp3) is 0.389. The van der Waals surface area contributed by atoms with Gasteiger partial charge in [0.1, 0.15) is 6.54 Å². The molecule has 2 aliphatic rings. The lowest BCUT2D eigenvalue weighted by molar-refractivity contribution is -0.143. The number of halogens is 1. The van der Waals surface area contributed by atoms with Crippen molar-refractivity contribution >= 4 is 29.3 Å². The second-order valence-corrected chi connectivity index (χ2v) is 6.70. The van der Waals surface area contributed by atoms with Crippen molar-refractivity contribution in [3.63, 3.8) is 0 Å². The molecule has 1 fully saturated rings. The first kappa shape index (κ1) is 16.7. The summed E-state index contributed by atoms with van der Waals surface area (Å²) in [5.74, 6) is -1.43. The number of fused-ring (bicyclic) bond motifs is 1. The van der Waals surface area contributed by atoms with Crippen LogP contribution in [0.15, 0.2) is 36.4 Å². The Labute approximate surface area is 145 Å². The van der Waals surface area contributed by atoms with Crippen LogP contribution in [0, 0.1) is 11.8 Å². The van der Waals surface area contributed by atoms with Crippen LogP contribution in [0.3, 0.4) is 0 Å². The summed E-state index contributed by atoms with van der Waals surface area (Å²) < 4.78 is 0. The van der Waals surface area contributed by atoms with Crippen LogP contribution < -0.4 is 5.32 Å². The van der Waals surface area contributed by atoms with Gasteiger partial charge in [0.2, 0.25) is 17.7 Å². The second-order valence-electron chi connectivity index (χ2n) is 6.26. The number of rotatable bonds is 4. The molecule has 3 rings (SSSR count). The van der Waals surface area contributed by atoms with Crippen LogP contribution in [0.1, 0.15) is 31.4 Å². The van der Waals surface area contributed by atoms with Gasteiger partial charge in [-0.15, -0.1) is 0 Å². The molecule has 0 saturated carbocycles. The third-order valence-corrected chi connectivity index (χ3v) is 4.86. The number of amides is 3. The zero-order valence-corrected chi connectivity index (χ0v) is 14.1. The number of likely N-dealkylation sites (tertiary alicyclic amines) is 1. The van der Waals surface area contributed by atoms with Crippen molar-refractivity contribution in [1.82, 2.24) is 10.2 Å². The normalized spacial score (nSPS) is 24.0. The molecule has 3 atom stereocenters. The Morgan fingerprint density at radius 1 is 1.25 bits per heavy atom. The summed E-state index contributed by atoms with van der Waals surface area (Å²) in [4.78, 5) is 38.1. The SMILES string of the molecule is C[C@H](NC(=O)CN1C(=O)[C@H]2CC=CC[C@H]2C1=O)c1cccc(Cl)c1. The summed E-state index contributed by atoms with van der Waals surface area (Å²) in [5, 5.41) is 3.41. The van der Waals surface area contributed by atoms with Crippen molar-refractivity contribution in [3.8, 4) is 0 Å². The number of hydrogen-bond acceptors (Lipinski definition) is 3. The fourth-order valence-electron chi connectivity index (χ4n) is 3.31. The van der Waals surface area contributed by atoms with E-state index in [1.165, 1.54) is 0 Å². The van der Waals surface area contributed by atoms with Crippen LogP contribution in [-0.4, -0.2) is 29.2 Å². The van der Waals surface area contributed by atoms with E-state index in [4.69, 9.17) is 11.6 Å². The van der Waals surface area contributed by atoms with E-state index in [0.29, 0.717) is 17.9 Å². The molecule has 1 aliphatic heterocycles. The predicted octanol–water partition coefficient (Wildman–Crippen LogP) is 2.47. The zero-order chi connectivity index (χ0) is 17.3. The van der Waals surface area contributed by atoms with Gasteiger partial charge in [0.25, 0.3) is 0 Å². The number of benzene rings is 1. The molecule has 6 heteroatoms. The highest BCUT2D eigenvalue weighted by Crippen LogP contribution is 2.34. The molecule has 126 valence electrons. The molecule has 3 amide bonds. The number of carbonyl (C=O) groups is 3. The highest BCUT2D eigenvalue weighted by molar-refractivity contribution is 6.30. The van der Waals surface area contributed by atoms with E-state index >= 15 is 0 Å². The maximum Gasteiger partial charge on any atom is 0.240 e. The van der Waals surface area contributed by atoms with Crippen LogP contribution >= 0.6 is 11.6 Å². The summed E-state index contributed by atoms with van der Waals surface area (Å²) in [6, 6.07) is 6.96. The van der Waals surface area contributed by atoms with E-state index in [2.05, 4.69) is 5.32 Å². The monoisotopic (exact) mass is 346 g/mol. The number of allylic oxidation sites excluding steroid dienone is 2. The maximum atomic E-state index is 12.4. The van der Waals surface area contributed by atoms with Gasteiger partial charge in [-0.3, -0.25) is 19.3 Å². The largest absolute Gasteiger partial charge is 0.348 e. The molecule has 0 radical (unpaired) electrons. The molecule has 1 N–H and O–H groups in total. The van der Waals surface area contributed by atoms with Gasteiger partial charge in [-0.25, -0.2) is 0 Å². The molecule has 5 nitrogen and oxygen atoms in total. The average Bonchev–Trinajstić information content (AvgIpc) is 2.80. The minimum absolute atomic E-state index is 0.227. The number of hydrogen-bond donors (Lipinski definition) is 1. The first-order valence-corrected chi connectivity index (χ1v) is 8.40. The Morgan fingerprint density at radius 3 is 2.46 bits per heavy atom. The molecule has 0 aromatic heterocycles. The molecule has 24 heavy (non-hydrogen) atoms. The number of imide groups is 1. The summed E-state index contributed by atoms with van der Waals surface area (Å²) in [6.45, 7) is 1.61. The van der Waals surface area contributed by atoms with Gasteiger partial charge in [-0.05, 0) is 37.5 Å². The minimum atomic E-state index is -0.351. The molecule has 0 spiro atoms. The molecule has 1 saturated heterocycles. The molecular weight excluding hydrogens is 328 g/mol. The van der Waals surface area contributed by atoms with Crippen LogP contribution in [0.5, 0.6) is 0 Å². The third-order valence-electron chi connectivity index (χ3n) is 4.63. The average molecular weight is 347 g/mol. The van der Waals surface area contributed by atoms with Gasteiger partial charge in [0.05, 0.1) is 17.9 Å². The maximum absolute atomic E-state index is 12.4. The Kier molecular flexibility index (Phi) is 4.71. The molecule has 1 aliphatic carbocycles. The van der Waals surface area contributed by atoms with Crippen LogP contribution in [0.25, 0.3) is 0 Å². The van der Waals surface area contributed by atoms with Gasteiger partial charge in [0.15, 0.2) is 0 Å². The lowest BCUT2D eigenvalue weighted by atomic mass is 9.85. The van der Waals surface area contributed by atoms with Crippen molar-refractivity contribution < 1.29 is 14.4 Å². The van der Waals surface area contributed by atoms with Crippen molar-refractivity contribution in [2.45, 2.75) is 25.8 Å². The number of nitrogens with zero attached hydrogens (tertiary/aromatic N) is 1. The van der Waals surface area contributed by atoms with Gasteiger partial charge >= 0.3 is 0 Å². The fourth-order valence-corrected chi connectivity index (χ4v) is 3.51. The minimum Gasteiger partial charge on any atom is -0.348 e. The van der Waals surface area contributed by atoms with Gasteiger partial charge in [0, 0.05) is 5.02 Å². The van der Waals surface area contributed by atoms with Gasteiger partial charge < -0.3 is 5.32 Å². The molecule has 0 bridgehead atoms. The Hall–Kier alpha value is -2.14. The molecular formula is C18H19ClN2O3. The number of carbonyl (C=O) groups excluding carboxylic acids is 3. The summed E-state index contributed by atoms with van der Waals surface area (Å²) >= 11 is 5.95. The Balaban J connectivity index is 1.63. The van der Waals surface area contributed by atoms with E-state index in [9.17, 15) is 14.4 Å². The molecule has 1 aromatic rings. The van der Waals surface area contributed by atoms with E-state index in [-0.39, 0.29) is 42.1 Å². The van der Waals surface area contributed by atoms with E-state index < -0.39 is 0 Å². The summed E-state index contributed by atoms with van der Waals surface area (Å²) in [5.41, 5.74) is 0.868. The van der Waals surface area contributed by atoms with E-state index in [1.54, 1.807) is 12.1 Å². The second kappa shape index (κ2) is 6.77. The molecule has 1 heterocycles. The van der Waals surface area contributed by atoms with Crippen molar-refractivity contribution in [1.29, 1.82) is 0 Å². The quantitative estimate of drug-likeness (QED) is 0.672. The summed E-state index contributed by atoms with van der Waals surface area (Å²) in [6.07, 6.45) is 5.01. The van der Waals surface area contributed by atoms with Crippen molar-refractivity contribution in [2.75, 3.05) is 6.54 Å².